The van der Waals surface area contributed by atoms with Crippen molar-refractivity contribution in [3.8, 4) is 0 Å². The van der Waals surface area contributed by atoms with Gasteiger partial charge in [-0.3, -0.25) is 9.59 Å². The number of amides is 2. The van der Waals surface area contributed by atoms with Crippen molar-refractivity contribution in [3.63, 3.8) is 0 Å². The Balaban J connectivity index is 1.56. The van der Waals surface area contributed by atoms with E-state index in [1.807, 2.05) is 17.2 Å². The monoisotopic (exact) mass is 406 g/mol. The van der Waals surface area contributed by atoms with E-state index in [0.29, 0.717) is 24.3 Å². The molecule has 8 nitrogen and oxygen atoms in total. The van der Waals surface area contributed by atoms with Crippen molar-refractivity contribution in [2.75, 3.05) is 23.3 Å². The first-order chi connectivity index (χ1) is 14.5. The number of aromatic amines is 1. The van der Waals surface area contributed by atoms with Gasteiger partial charge in [-0.2, -0.15) is 0 Å². The van der Waals surface area contributed by atoms with Crippen molar-refractivity contribution in [1.82, 2.24) is 19.9 Å². The molecule has 0 radical (unpaired) electrons. The van der Waals surface area contributed by atoms with Crippen LogP contribution in [0.1, 0.15) is 37.6 Å². The molecule has 0 bridgehead atoms. The molecule has 1 aliphatic rings. The molecule has 1 aromatic carbocycles. The lowest BCUT2D eigenvalue weighted by Gasteiger charge is -2.46. The van der Waals surface area contributed by atoms with Crippen LogP contribution in [0.15, 0.2) is 42.9 Å². The second kappa shape index (κ2) is 8.14. The number of piperazine rings is 1. The summed E-state index contributed by atoms with van der Waals surface area (Å²) in [5, 5.41) is 3.72. The lowest BCUT2D eigenvalue weighted by molar-refractivity contribution is -0.114. The number of anilines is 2. The highest BCUT2D eigenvalue weighted by Crippen LogP contribution is 2.28. The Bertz CT molecular complexity index is 1060. The van der Waals surface area contributed by atoms with E-state index in [4.69, 9.17) is 0 Å². The van der Waals surface area contributed by atoms with Gasteiger partial charge in [-0.15, -0.1) is 0 Å². The van der Waals surface area contributed by atoms with Crippen molar-refractivity contribution in [1.29, 1.82) is 0 Å². The molecule has 1 aliphatic heterocycles. The Kier molecular flexibility index (Phi) is 5.39. The van der Waals surface area contributed by atoms with Crippen LogP contribution in [0.2, 0.25) is 0 Å². The van der Waals surface area contributed by atoms with E-state index >= 15 is 0 Å². The molecule has 3 aromatic rings. The largest absolute Gasteiger partial charge is 0.352 e. The van der Waals surface area contributed by atoms with Gasteiger partial charge in [0.2, 0.25) is 5.91 Å². The molecule has 0 saturated carbocycles. The van der Waals surface area contributed by atoms with Gasteiger partial charge in [-0.25, -0.2) is 9.97 Å². The van der Waals surface area contributed by atoms with Gasteiger partial charge in [0, 0.05) is 49.5 Å². The molecule has 1 fully saturated rings. The molecule has 2 atom stereocenters. The molecule has 30 heavy (non-hydrogen) atoms. The third-order valence-electron chi connectivity index (χ3n) is 5.57. The Hall–Kier alpha value is -3.42. The molecule has 2 amide bonds. The molecular weight excluding hydrogens is 380 g/mol. The minimum absolute atomic E-state index is 0.0119. The Morgan fingerprint density at radius 2 is 1.93 bits per heavy atom. The first-order valence-corrected chi connectivity index (χ1v) is 10.2. The number of rotatable bonds is 4. The van der Waals surface area contributed by atoms with Gasteiger partial charge in [0.1, 0.15) is 17.8 Å². The number of aromatic nitrogens is 3. The SMILES string of the molecule is CC[C@@H]1CN(c2ncnc3[nH]ccc23)C[C@@H](C)N1C(=O)c1ccc(NC(C)=O)cc1. The second-order valence-electron chi connectivity index (χ2n) is 7.72. The van der Waals surface area contributed by atoms with E-state index in [2.05, 4.69) is 39.0 Å². The fourth-order valence-corrected chi connectivity index (χ4v) is 4.21. The Morgan fingerprint density at radius 1 is 1.17 bits per heavy atom. The maximum Gasteiger partial charge on any atom is 0.254 e. The molecule has 156 valence electrons. The van der Waals surface area contributed by atoms with Crippen LogP contribution in [0.5, 0.6) is 0 Å². The Labute approximate surface area is 175 Å². The van der Waals surface area contributed by atoms with Crippen LogP contribution < -0.4 is 10.2 Å². The predicted molar refractivity (Wildman–Crippen MR) is 117 cm³/mol. The quantitative estimate of drug-likeness (QED) is 0.695. The van der Waals surface area contributed by atoms with E-state index in [1.54, 1.807) is 30.6 Å². The van der Waals surface area contributed by atoms with Crippen LogP contribution in [0.4, 0.5) is 11.5 Å². The maximum absolute atomic E-state index is 13.3. The smallest absolute Gasteiger partial charge is 0.254 e. The maximum atomic E-state index is 13.3. The predicted octanol–water partition coefficient (Wildman–Crippen LogP) is 3.05. The lowest BCUT2D eigenvalue weighted by Crippen LogP contribution is -2.59. The molecule has 4 rings (SSSR count). The van der Waals surface area contributed by atoms with Gasteiger partial charge in [0.25, 0.3) is 5.91 Å². The number of carbonyl (C=O) groups is 2. The minimum Gasteiger partial charge on any atom is -0.352 e. The first-order valence-electron chi connectivity index (χ1n) is 10.2. The van der Waals surface area contributed by atoms with E-state index < -0.39 is 0 Å². The van der Waals surface area contributed by atoms with Gasteiger partial charge in [-0.05, 0) is 43.7 Å². The molecule has 2 aromatic heterocycles. The molecular formula is C22H26N6O2. The van der Waals surface area contributed by atoms with Crippen LogP contribution in [0.3, 0.4) is 0 Å². The van der Waals surface area contributed by atoms with Gasteiger partial charge in [-0.1, -0.05) is 6.92 Å². The fourth-order valence-electron chi connectivity index (χ4n) is 4.21. The third kappa shape index (κ3) is 3.72. The number of benzene rings is 1. The molecule has 0 aliphatic carbocycles. The summed E-state index contributed by atoms with van der Waals surface area (Å²) in [6, 6.07) is 9.15. The second-order valence-corrected chi connectivity index (χ2v) is 7.72. The van der Waals surface area contributed by atoms with Gasteiger partial charge < -0.3 is 20.1 Å². The third-order valence-corrected chi connectivity index (χ3v) is 5.57. The van der Waals surface area contributed by atoms with Crippen molar-refractivity contribution >= 4 is 34.4 Å². The summed E-state index contributed by atoms with van der Waals surface area (Å²) in [6.45, 7) is 7.06. The van der Waals surface area contributed by atoms with Crippen LogP contribution in [-0.4, -0.2) is 56.8 Å². The van der Waals surface area contributed by atoms with Crippen molar-refractivity contribution in [3.05, 3.63) is 48.4 Å². The van der Waals surface area contributed by atoms with Gasteiger partial charge >= 0.3 is 0 Å². The summed E-state index contributed by atoms with van der Waals surface area (Å²) in [7, 11) is 0. The minimum atomic E-state index is -0.133. The number of nitrogens with zero attached hydrogens (tertiary/aromatic N) is 4. The van der Waals surface area contributed by atoms with E-state index in [1.165, 1.54) is 6.92 Å². The van der Waals surface area contributed by atoms with Crippen molar-refractivity contribution < 1.29 is 9.59 Å². The zero-order valence-electron chi connectivity index (χ0n) is 17.4. The summed E-state index contributed by atoms with van der Waals surface area (Å²) in [5.41, 5.74) is 2.12. The standard InChI is InChI=1S/C22H26N6O2/c1-4-18-12-27(21-19-9-10-23-20(19)24-13-25-21)11-14(2)28(18)22(30)16-5-7-17(8-6-16)26-15(3)29/h5-10,13-14,18H,4,11-12H2,1-3H3,(H,26,29)(H,23,24,25)/t14-,18-/m1/s1. The number of carbonyl (C=O) groups excluding carboxylic acids is 2. The number of nitrogens with one attached hydrogen (secondary N) is 2. The van der Waals surface area contributed by atoms with Crippen LogP contribution in [-0.2, 0) is 4.79 Å². The van der Waals surface area contributed by atoms with Crippen molar-refractivity contribution in [2.45, 2.75) is 39.3 Å². The summed E-state index contributed by atoms with van der Waals surface area (Å²) in [4.78, 5) is 40.7. The number of H-pyrrole nitrogens is 1. The van der Waals surface area contributed by atoms with Crippen LogP contribution in [0, 0.1) is 0 Å². The topological polar surface area (TPSA) is 94.2 Å². The zero-order chi connectivity index (χ0) is 21.3. The molecule has 8 heteroatoms. The fraction of sp³-hybridized carbons (Fsp3) is 0.364. The molecule has 1 saturated heterocycles. The number of hydrogen-bond donors (Lipinski definition) is 2. The number of hydrogen-bond acceptors (Lipinski definition) is 5. The highest BCUT2D eigenvalue weighted by Gasteiger charge is 2.35. The summed E-state index contributed by atoms with van der Waals surface area (Å²) < 4.78 is 0. The van der Waals surface area contributed by atoms with Gasteiger partial charge in [0.15, 0.2) is 0 Å². The lowest BCUT2D eigenvalue weighted by atomic mass is 10.0. The van der Waals surface area contributed by atoms with Gasteiger partial charge in [0.05, 0.1) is 5.39 Å². The molecule has 2 N–H and O–H groups in total. The average molecular weight is 406 g/mol. The molecule has 0 spiro atoms. The van der Waals surface area contributed by atoms with E-state index in [0.717, 1.165) is 23.3 Å². The van der Waals surface area contributed by atoms with E-state index in [-0.39, 0.29) is 23.9 Å². The first kappa shape index (κ1) is 19.9. The summed E-state index contributed by atoms with van der Waals surface area (Å²) in [6.07, 6.45) is 4.29. The summed E-state index contributed by atoms with van der Waals surface area (Å²) in [5.74, 6) is 0.780. The van der Waals surface area contributed by atoms with Crippen LogP contribution >= 0.6 is 0 Å². The van der Waals surface area contributed by atoms with E-state index in [9.17, 15) is 9.59 Å². The molecule has 0 unspecified atom stereocenters. The zero-order valence-corrected chi connectivity index (χ0v) is 17.4. The molecule has 3 heterocycles. The highest BCUT2D eigenvalue weighted by atomic mass is 16.2. The average Bonchev–Trinajstić information content (AvgIpc) is 3.21. The Morgan fingerprint density at radius 3 is 2.63 bits per heavy atom. The number of fused-ring (bicyclic) bond motifs is 1. The summed E-state index contributed by atoms with van der Waals surface area (Å²) >= 11 is 0. The van der Waals surface area contributed by atoms with Crippen molar-refractivity contribution in [2.24, 2.45) is 0 Å². The normalized spacial score (nSPS) is 19.2. The van der Waals surface area contributed by atoms with Crippen LogP contribution in [0.25, 0.3) is 11.0 Å². The highest BCUT2D eigenvalue weighted by molar-refractivity contribution is 5.96.